The molecular formula is C13H19N5O2. The SMILES string of the molecule is O=C(CN1CC2CNCC2C1)Nc1nnc(C2CC2)o1. The van der Waals surface area contributed by atoms with Crippen molar-refractivity contribution in [3.8, 4) is 0 Å². The Morgan fingerprint density at radius 1 is 1.30 bits per heavy atom. The lowest BCUT2D eigenvalue weighted by Gasteiger charge is -2.15. The van der Waals surface area contributed by atoms with Gasteiger partial charge in [-0.1, -0.05) is 5.10 Å². The highest BCUT2D eigenvalue weighted by molar-refractivity contribution is 5.90. The van der Waals surface area contributed by atoms with Crippen LogP contribution in [0.2, 0.25) is 0 Å². The van der Waals surface area contributed by atoms with Crippen LogP contribution in [0.5, 0.6) is 0 Å². The van der Waals surface area contributed by atoms with Crippen molar-refractivity contribution in [1.82, 2.24) is 20.4 Å². The second kappa shape index (κ2) is 4.82. The maximum absolute atomic E-state index is 12.0. The molecular weight excluding hydrogens is 258 g/mol. The quantitative estimate of drug-likeness (QED) is 0.808. The normalized spacial score (nSPS) is 29.6. The van der Waals surface area contributed by atoms with Crippen molar-refractivity contribution in [3.63, 3.8) is 0 Å². The summed E-state index contributed by atoms with van der Waals surface area (Å²) >= 11 is 0. The fourth-order valence-electron chi connectivity index (χ4n) is 3.22. The highest BCUT2D eigenvalue weighted by atomic mass is 16.4. The average molecular weight is 277 g/mol. The summed E-state index contributed by atoms with van der Waals surface area (Å²) in [4.78, 5) is 14.2. The molecule has 3 heterocycles. The number of hydrogen-bond donors (Lipinski definition) is 2. The summed E-state index contributed by atoms with van der Waals surface area (Å²) in [5.41, 5.74) is 0. The Morgan fingerprint density at radius 2 is 2.05 bits per heavy atom. The van der Waals surface area contributed by atoms with Gasteiger partial charge in [0, 0.05) is 19.0 Å². The summed E-state index contributed by atoms with van der Waals surface area (Å²) in [5, 5.41) is 13.9. The topological polar surface area (TPSA) is 83.3 Å². The van der Waals surface area contributed by atoms with Gasteiger partial charge < -0.3 is 9.73 Å². The third-order valence-corrected chi connectivity index (χ3v) is 4.45. The molecule has 2 aliphatic heterocycles. The van der Waals surface area contributed by atoms with E-state index in [0.717, 1.165) is 39.0 Å². The van der Waals surface area contributed by atoms with Gasteiger partial charge in [-0.3, -0.25) is 15.0 Å². The monoisotopic (exact) mass is 277 g/mol. The molecule has 2 saturated heterocycles. The zero-order valence-electron chi connectivity index (χ0n) is 11.3. The number of likely N-dealkylation sites (tertiary alicyclic amines) is 1. The molecule has 7 heteroatoms. The molecule has 20 heavy (non-hydrogen) atoms. The second-order valence-electron chi connectivity index (χ2n) is 6.14. The summed E-state index contributed by atoms with van der Waals surface area (Å²) in [6.07, 6.45) is 2.22. The van der Waals surface area contributed by atoms with Gasteiger partial charge in [0.2, 0.25) is 11.8 Å². The van der Waals surface area contributed by atoms with Gasteiger partial charge in [0.05, 0.1) is 6.54 Å². The van der Waals surface area contributed by atoms with Crippen LogP contribution in [0.4, 0.5) is 6.01 Å². The number of fused-ring (bicyclic) bond motifs is 1. The van der Waals surface area contributed by atoms with Gasteiger partial charge >= 0.3 is 6.01 Å². The van der Waals surface area contributed by atoms with E-state index in [1.165, 1.54) is 0 Å². The standard InChI is InChI=1S/C13H19N5O2/c19-11(7-18-5-9-3-14-4-10(9)6-18)15-13-17-16-12(20-13)8-1-2-8/h8-10,14H,1-7H2,(H,15,17,19). The summed E-state index contributed by atoms with van der Waals surface area (Å²) in [5.74, 6) is 2.41. The molecule has 2 atom stereocenters. The van der Waals surface area contributed by atoms with Crippen LogP contribution in [-0.4, -0.2) is 53.7 Å². The molecule has 3 fully saturated rings. The van der Waals surface area contributed by atoms with Crippen molar-refractivity contribution in [3.05, 3.63) is 5.89 Å². The minimum Gasteiger partial charge on any atom is -0.408 e. The zero-order chi connectivity index (χ0) is 13.5. The Kier molecular flexibility index (Phi) is 2.96. The first kappa shape index (κ1) is 12.3. The number of aromatic nitrogens is 2. The summed E-state index contributed by atoms with van der Waals surface area (Å²) in [6, 6.07) is 0.234. The number of rotatable bonds is 4. The minimum atomic E-state index is -0.0658. The van der Waals surface area contributed by atoms with Crippen LogP contribution in [0, 0.1) is 11.8 Å². The smallest absolute Gasteiger partial charge is 0.322 e. The third kappa shape index (κ3) is 2.43. The van der Waals surface area contributed by atoms with Crippen LogP contribution in [0.3, 0.4) is 0 Å². The van der Waals surface area contributed by atoms with Gasteiger partial charge in [-0.15, -0.1) is 5.10 Å². The fourth-order valence-corrected chi connectivity index (χ4v) is 3.22. The van der Waals surface area contributed by atoms with E-state index >= 15 is 0 Å². The summed E-state index contributed by atoms with van der Waals surface area (Å²) < 4.78 is 5.43. The van der Waals surface area contributed by atoms with Crippen LogP contribution in [0.25, 0.3) is 0 Å². The second-order valence-corrected chi connectivity index (χ2v) is 6.14. The molecule has 3 aliphatic rings. The van der Waals surface area contributed by atoms with E-state index in [-0.39, 0.29) is 11.9 Å². The number of amides is 1. The van der Waals surface area contributed by atoms with Crippen molar-refractivity contribution < 1.29 is 9.21 Å². The number of nitrogens with zero attached hydrogens (tertiary/aromatic N) is 3. The summed E-state index contributed by atoms with van der Waals surface area (Å²) in [7, 11) is 0. The van der Waals surface area contributed by atoms with E-state index in [1.807, 2.05) is 0 Å². The Morgan fingerprint density at radius 3 is 2.75 bits per heavy atom. The van der Waals surface area contributed by atoms with E-state index in [2.05, 4.69) is 25.7 Å². The van der Waals surface area contributed by atoms with Gasteiger partial charge in [-0.25, -0.2) is 0 Å². The lowest BCUT2D eigenvalue weighted by atomic mass is 10.0. The molecule has 2 unspecified atom stereocenters. The number of carbonyl (C=O) groups excluding carboxylic acids is 1. The lowest BCUT2D eigenvalue weighted by Crippen LogP contribution is -2.33. The first-order chi connectivity index (χ1) is 9.78. The molecule has 7 nitrogen and oxygen atoms in total. The predicted octanol–water partition coefficient (Wildman–Crippen LogP) is 0.0367. The Balaban J connectivity index is 1.29. The van der Waals surface area contributed by atoms with E-state index < -0.39 is 0 Å². The first-order valence-electron chi connectivity index (χ1n) is 7.34. The van der Waals surface area contributed by atoms with Gasteiger partial charge in [-0.2, -0.15) is 0 Å². The average Bonchev–Trinajstić information content (AvgIpc) is 2.81. The molecule has 1 aromatic heterocycles. The van der Waals surface area contributed by atoms with Crippen molar-refractivity contribution >= 4 is 11.9 Å². The molecule has 0 spiro atoms. The lowest BCUT2D eigenvalue weighted by molar-refractivity contribution is -0.117. The summed E-state index contributed by atoms with van der Waals surface area (Å²) in [6.45, 7) is 4.58. The number of nitrogens with one attached hydrogen (secondary N) is 2. The molecule has 108 valence electrons. The molecule has 2 N–H and O–H groups in total. The molecule has 0 bridgehead atoms. The van der Waals surface area contributed by atoms with Crippen molar-refractivity contribution in [2.24, 2.45) is 11.8 Å². The van der Waals surface area contributed by atoms with E-state index in [9.17, 15) is 4.79 Å². The van der Waals surface area contributed by atoms with E-state index in [1.54, 1.807) is 0 Å². The molecule has 0 radical (unpaired) electrons. The number of carbonyl (C=O) groups is 1. The van der Waals surface area contributed by atoms with Gasteiger partial charge in [0.25, 0.3) is 0 Å². The Bertz CT molecular complexity index is 501. The minimum absolute atomic E-state index is 0.0658. The van der Waals surface area contributed by atoms with Gasteiger partial charge in [0.15, 0.2) is 0 Å². The maximum Gasteiger partial charge on any atom is 0.322 e. The fraction of sp³-hybridized carbons (Fsp3) is 0.769. The van der Waals surface area contributed by atoms with Crippen LogP contribution >= 0.6 is 0 Å². The Labute approximate surface area is 117 Å². The number of anilines is 1. The van der Waals surface area contributed by atoms with Crippen LogP contribution in [0.15, 0.2) is 4.42 Å². The van der Waals surface area contributed by atoms with Crippen LogP contribution in [-0.2, 0) is 4.79 Å². The van der Waals surface area contributed by atoms with Gasteiger partial charge in [0.1, 0.15) is 0 Å². The molecule has 0 aromatic carbocycles. The largest absolute Gasteiger partial charge is 0.408 e. The third-order valence-electron chi connectivity index (χ3n) is 4.45. The van der Waals surface area contributed by atoms with Crippen molar-refractivity contribution in [2.45, 2.75) is 18.8 Å². The van der Waals surface area contributed by atoms with Gasteiger partial charge in [-0.05, 0) is 37.8 Å². The molecule has 1 saturated carbocycles. The first-order valence-corrected chi connectivity index (χ1v) is 7.34. The maximum atomic E-state index is 12.0. The Hall–Kier alpha value is -1.47. The van der Waals surface area contributed by atoms with E-state index in [4.69, 9.17) is 4.42 Å². The van der Waals surface area contributed by atoms with Crippen LogP contribution < -0.4 is 10.6 Å². The highest BCUT2D eigenvalue weighted by Gasteiger charge is 2.36. The molecule has 4 rings (SSSR count). The predicted molar refractivity (Wildman–Crippen MR) is 71.2 cm³/mol. The molecule has 1 aliphatic carbocycles. The number of hydrogen-bond acceptors (Lipinski definition) is 6. The molecule has 1 amide bonds. The van der Waals surface area contributed by atoms with E-state index in [0.29, 0.717) is 30.2 Å². The van der Waals surface area contributed by atoms with Crippen molar-refractivity contribution in [2.75, 3.05) is 38.0 Å². The zero-order valence-corrected chi connectivity index (χ0v) is 11.3. The van der Waals surface area contributed by atoms with Crippen LogP contribution in [0.1, 0.15) is 24.7 Å². The highest BCUT2D eigenvalue weighted by Crippen LogP contribution is 2.39. The van der Waals surface area contributed by atoms with Crippen molar-refractivity contribution in [1.29, 1.82) is 0 Å². The molecule has 1 aromatic rings.